The van der Waals surface area contributed by atoms with Crippen molar-refractivity contribution in [2.24, 2.45) is 11.5 Å². The van der Waals surface area contributed by atoms with Crippen LogP contribution in [0.3, 0.4) is 0 Å². The first-order chi connectivity index (χ1) is 8.79. The van der Waals surface area contributed by atoms with Gasteiger partial charge in [-0.25, -0.2) is 0 Å². The lowest BCUT2D eigenvalue weighted by Gasteiger charge is -1.97. The van der Waals surface area contributed by atoms with E-state index in [0.717, 1.165) is 18.7 Å². The Labute approximate surface area is 111 Å². The fourth-order valence-electron chi connectivity index (χ4n) is 1.19. The highest BCUT2D eigenvalue weighted by Crippen LogP contribution is 2.16. The van der Waals surface area contributed by atoms with Crippen molar-refractivity contribution in [2.45, 2.75) is 13.8 Å². The van der Waals surface area contributed by atoms with E-state index >= 15 is 0 Å². The molecule has 0 aliphatic rings. The van der Waals surface area contributed by atoms with Crippen molar-refractivity contribution in [1.29, 1.82) is 0 Å². The standard InChI is InChI=1S/C12H9.2C2H7N/c1-3-7-11(8-4-1)12-9-5-2-6-10-12;2*1-2-3/h1-9H;2*2-3H2,1H3. The Balaban J connectivity index is 0.000000414. The maximum Gasteiger partial charge on any atom is -0.00992 e. The summed E-state index contributed by atoms with van der Waals surface area (Å²) in [7, 11) is 0. The third-order valence-electron chi connectivity index (χ3n) is 1.79. The Kier molecular flexibility index (Phi) is 10.8. The summed E-state index contributed by atoms with van der Waals surface area (Å²) in [6.45, 7) is 5.31. The molecule has 0 unspecified atom stereocenters. The van der Waals surface area contributed by atoms with Crippen LogP contribution in [0.1, 0.15) is 13.8 Å². The van der Waals surface area contributed by atoms with Gasteiger partial charge >= 0.3 is 0 Å². The third-order valence-corrected chi connectivity index (χ3v) is 1.79. The van der Waals surface area contributed by atoms with Crippen LogP contribution in [0.5, 0.6) is 0 Å². The lowest BCUT2D eigenvalue weighted by atomic mass is 10.1. The van der Waals surface area contributed by atoms with E-state index in [0.29, 0.717) is 0 Å². The van der Waals surface area contributed by atoms with Gasteiger partial charge in [-0.2, -0.15) is 0 Å². The molecule has 2 aromatic carbocycles. The lowest BCUT2D eigenvalue weighted by Crippen LogP contribution is -1.87. The van der Waals surface area contributed by atoms with Crippen LogP contribution in [-0.2, 0) is 0 Å². The minimum absolute atomic E-state index is 0.750. The van der Waals surface area contributed by atoms with E-state index < -0.39 is 0 Å². The highest BCUT2D eigenvalue weighted by Gasteiger charge is 1.92. The van der Waals surface area contributed by atoms with Gasteiger partial charge < -0.3 is 11.5 Å². The van der Waals surface area contributed by atoms with Crippen LogP contribution in [-0.4, -0.2) is 13.1 Å². The highest BCUT2D eigenvalue weighted by molar-refractivity contribution is 5.62. The molecule has 0 aliphatic carbocycles. The van der Waals surface area contributed by atoms with Crippen molar-refractivity contribution in [1.82, 2.24) is 0 Å². The van der Waals surface area contributed by atoms with Gasteiger partial charge in [-0.05, 0) is 30.3 Å². The van der Waals surface area contributed by atoms with Gasteiger partial charge in [0, 0.05) is 0 Å². The molecule has 2 rings (SSSR count). The van der Waals surface area contributed by atoms with E-state index in [1.54, 1.807) is 0 Å². The molecule has 0 spiro atoms. The Morgan fingerprint density at radius 3 is 1.78 bits per heavy atom. The SMILES string of the molecule is CCN.CCN.[c]1ccccc1-c1ccccc1. The van der Waals surface area contributed by atoms with E-state index in [9.17, 15) is 0 Å². The Morgan fingerprint density at radius 2 is 1.33 bits per heavy atom. The summed E-state index contributed by atoms with van der Waals surface area (Å²) >= 11 is 0. The van der Waals surface area contributed by atoms with E-state index in [1.165, 1.54) is 5.56 Å². The van der Waals surface area contributed by atoms with Crippen LogP contribution >= 0.6 is 0 Å². The third kappa shape index (κ3) is 7.60. The van der Waals surface area contributed by atoms with E-state index in [2.05, 4.69) is 24.3 Å². The number of hydrogen-bond donors (Lipinski definition) is 2. The second-order valence-corrected chi connectivity index (χ2v) is 3.46. The zero-order valence-corrected chi connectivity index (χ0v) is 11.3. The molecular formula is C16H23N2. The molecule has 0 aromatic heterocycles. The van der Waals surface area contributed by atoms with Crippen molar-refractivity contribution >= 4 is 0 Å². The Morgan fingerprint density at radius 1 is 0.833 bits per heavy atom. The summed E-state index contributed by atoms with van der Waals surface area (Å²) in [6.07, 6.45) is 0. The average molecular weight is 243 g/mol. The molecule has 2 aromatic rings. The van der Waals surface area contributed by atoms with Gasteiger partial charge in [0.1, 0.15) is 0 Å². The molecule has 0 fully saturated rings. The summed E-state index contributed by atoms with van der Waals surface area (Å²) in [5.74, 6) is 0. The summed E-state index contributed by atoms with van der Waals surface area (Å²) in [5, 5.41) is 0. The molecule has 0 saturated carbocycles. The van der Waals surface area contributed by atoms with Gasteiger partial charge in [0.25, 0.3) is 0 Å². The lowest BCUT2D eigenvalue weighted by molar-refractivity contribution is 1.14. The van der Waals surface area contributed by atoms with Gasteiger partial charge in [0.05, 0.1) is 0 Å². The monoisotopic (exact) mass is 243 g/mol. The average Bonchev–Trinajstić information content (AvgIpc) is 2.43. The second kappa shape index (κ2) is 11.8. The van der Waals surface area contributed by atoms with Crippen LogP contribution in [0.15, 0.2) is 54.6 Å². The smallest absolute Gasteiger partial charge is 0.00992 e. The molecule has 18 heavy (non-hydrogen) atoms. The van der Waals surface area contributed by atoms with Gasteiger partial charge in [0.2, 0.25) is 0 Å². The Bertz CT molecular complexity index is 331. The minimum Gasteiger partial charge on any atom is -0.331 e. The first kappa shape index (κ1) is 16.4. The zero-order chi connectivity index (χ0) is 13.6. The maximum absolute atomic E-state index is 4.85. The van der Waals surface area contributed by atoms with Crippen LogP contribution in [0, 0.1) is 6.07 Å². The Hall–Kier alpha value is -1.64. The molecule has 1 radical (unpaired) electrons. The van der Waals surface area contributed by atoms with Crippen LogP contribution in [0.4, 0.5) is 0 Å². The van der Waals surface area contributed by atoms with Crippen LogP contribution < -0.4 is 11.5 Å². The largest absolute Gasteiger partial charge is 0.331 e. The molecule has 2 nitrogen and oxygen atoms in total. The normalized spacial score (nSPS) is 8.44. The molecule has 0 amide bonds. The fraction of sp³-hybridized carbons (Fsp3) is 0.250. The van der Waals surface area contributed by atoms with Crippen molar-refractivity contribution < 1.29 is 0 Å². The van der Waals surface area contributed by atoms with Gasteiger partial charge in [-0.15, -0.1) is 0 Å². The van der Waals surface area contributed by atoms with Crippen molar-refractivity contribution in [3.05, 3.63) is 60.7 Å². The topological polar surface area (TPSA) is 52.0 Å². The fourth-order valence-corrected chi connectivity index (χ4v) is 1.19. The number of benzene rings is 2. The summed E-state index contributed by atoms with van der Waals surface area (Å²) < 4.78 is 0. The molecular weight excluding hydrogens is 220 g/mol. The molecule has 0 bridgehead atoms. The maximum atomic E-state index is 4.85. The van der Waals surface area contributed by atoms with Crippen LogP contribution in [0.2, 0.25) is 0 Å². The predicted molar refractivity (Wildman–Crippen MR) is 80.2 cm³/mol. The number of rotatable bonds is 1. The van der Waals surface area contributed by atoms with Crippen molar-refractivity contribution in [3.63, 3.8) is 0 Å². The molecule has 2 heteroatoms. The molecule has 0 atom stereocenters. The summed E-state index contributed by atoms with van der Waals surface area (Å²) in [6, 6.07) is 21.5. The van der Waals surface area contributed by atoms with E-state index in [1.807, 2.05) is 50.2 Å². The molecule has 97 valence electrons. The molecule has 0 saturated heterocycles. The summed E-state index contributed by atoms with van der Waals surface area (Å²) in [4.78, 5) is 0. The van der Waals surface area contributed by atoms with Gasteiger partial charge in [-0.1, -0.05) is 68.4 Å². The zero-order valence-electron chi connectivity index (χ0n) is 11.3. The highest BCUT2D eigenvalue weighted by atomic mass is 14.5. The predicted octanol–water partition coefficient (Wildman–Crippen LogP) is 3.08. The molecule has 0 aliphatic heterocycles. The summed E-state index contributed by atoms with van der Waals surface area (Å²) in [5.41, 5.74) is 12.1. The number of hydrogen-bond acceptors (Lipinski definition) is 2. The van der Waals surface area contributed by atoms with Crippen molar-refractivity contribution in [3.8, 4) is 11.1 Å². The van der Waals surface area contributed by atoms with Gasteiger partial charge in [-0.3, -0.25) is 0 Å². The number of nitrogens with two attached hydrogens (primary N) is 2. The molecule has 4 N–H and O–H groups in total. The van der Waals surface area contributed by atoms with E-state index in [4.69, 9.17) is 11.5 Å². The molecule has 0 heterocycles. The quantitative estimate of drug-likeness (QED) is 0.808. The van der Waals surface area contributed by atoms with Crippen molar-refractivity contribution in [2.75, 3.05) is 13.1 Å². The van der Waals surface area contributed by atoms with Gasteiger partial charge in [0.15, 0.2) is 0 Å². The first-order valence-corrected chi connectivity index (χ1v) is 6.22. The second-order valence-electron chi connectivity index (χ2n) is 3.46. The van der Waals surface area contributed by atoms with Crippen LogP contribution in [0.25, 0.3) is 11.1 Å². The first-order valence-electron chi connectivity index (χ1n) is 6.22. The van der Waals surface area contributed by atoms with E-state index in [-0.39, 0.29) is 0 Å². The minimum atomic E-state index is 0.750.